The summed E-state index contributed by atoms with van der Waals surface area (Å²) in [5.74, 6) is 0. The molecule has 0 unspecified atom stereocenters. The van der Waals surface area contributed by atoms with Crippen molar-refractivity contribution in [2.75, 3.05) is 0 Å². The van der Waals surface area contributed by atoms with E-state index in [1.807, 2.05) is 30.3 Å². The second-order valence-electron chi connectivity index (χ2n) is 3.60. The molecule has 0 aliphatic rings. The molecule has 0 radical (unpaired) electrons. The Morgan fingerprint density at radius 2 is 1.71 bits per heavy atom. The Labute approximate surface area is 107 Å². The number of halogens is 2. The number of rotatable bonds is 1. The Balaban J connectivity index is 2.30. The van der Waals surface area contributed by atoms with Crippen molar-refractivity contribution in [2.45, 2.75) is 0 Å². The third-order valence-electron chi connectivity index (χ3n) is 2.46. The maximum Gasteiger partial charge on any atom is 0.143 e. The monoisotopic (exact) mass is 264 g/mol. The fraction of sp³-hybridized carbons (Fsp3) is 0. The SMILES string of the molecule is Clc1cc(Cl)cc(-c2cccc3nonc23)c1. The smallest absolute Gasteiger partial charge is 0.143 e. The molecule has 0 N–H and O–H groups in total. The second kappa shape index (κ2) is 4.02. The largest absolute Gasteiger partial charge is 0.243 e. The molecule has 2 aromatic carbocycles. The predicted molar refractivity (Wildman–Crippen MR) is 67.3 cm³/mol. The van der Waals surface area contributed by atoms with E-state index in [9.17, 15) is 0 Å². The van der Waals surface area contributed by atoms with Crippen LogP contribution in [0.5, 0.6) is 0 Å². The van der Waals surface area contributed by atoms with Gasteiger partial charge in [-0.1, -0.05) is 35.3 Å². The van der Waals surface area contributed by atoms with Gasteiger partial charge < -0.3 is 0 Å². The van der Waals surface area contributed by atoms with Gasteiger partial charge in [-0.25, -0.2) is 4.63 Å². The van der Waals surface area contributed by atoms with Gasteiger partial charge in [0.1, 0.15) is 11.0 Å². The van der Waals surface area contributed by atoms with E-state index in [4.69, 9.17) is 27.8 Å². The molecule has 0 bridgehead atoms. The van der Waals surface area contributed by atoms with E-state index < -0.39 is 0 Å². The van der Waals surface area contributed by atoms with Gasteiger partial charge in [-0.3, -0.25) is 0 Å². The first-order chi connectivity index (χ1) is 8.24. The summed E-state index contributed by atoms with van der Waals surface area (Å²) in [6.45, 7) is 0. The minimum absolute atomic E-state index is 0.584. The van der Waals surface area contributed by atoms with Crippen LogP contribution in [0.25, 0.3) is 22.2 Å². The summed E-state index contributed by atoms with van der Waals surface area (Å²) >= 11 is 12.0. The lowest BCUT2D eigenvalue weighted by atomic mass is 10.0. The fourth-order valence-electron chi connectivity index (χ4n) is 1.75. The molecular weight excluding hydrogens is 259 g/mol. The topological polar surface area (TPSA) is 38.9 Å². The lowest BCUT2D eigenvalue weighted by molar-refractivity contribution is 0.315. The van der Waals surface area contributed by atoms with Crippen molar-refractivity contribution in [3.05, 3.63) is 46.4 Å². The van der Waals surface area contributed by atoms with E-state index in [0.29, 0.717) is 21.1 Å². The van der Waals surface area contributed by atoms with Crippen LogP contribution in [0.15, 0.2) is 41.0 Å². The molecule has 1 aromatic heterocycles. The molecule has 0 spiro atoms. The third-order valence-corrected chi connectivity index (χ3v) is 2.90. The fourth-order valence-corrected chi connectivity index (χ4v) is 2.27. The summed E-state index contributed by atoms with van der Waals surface area (Å²) in [6.07, 6.45) is 0. The van der Waals surface area contributed by atoms with E-state index >= 15 is 0 Å². The van der Waals surface area contributed by atoms with Crippen LogP contribution < -0.4 is 0 Å². The second-order valence-corrected chi connectivity index (χ2v) is 4.47. The van der Waals surface area contributed by atoms with E-state index in [0.717, 1.165) is 11.1 Å². The van der Waals surface area contributed by atoms with Gasteiger partial charge in [0, 0.05) is 15.6 Å². The van der Waals surface area contributed by atoms with E-state index in [1.54, 1.807) is 6.07 Å². The van der Waals surface area contributed by atoms with Crippen molar-refractivity contribution in [1.29, 1.82) is 0 Å². The number of benzene rings is 2. The molecule has 3 nitrogen and oxygen atoms in total. The first-order valence-electron chi connectivity index (χ1n) is 4.92. The average Bonchev–Trinajstić information content (AvgIpc) is 2.75. The van der Waals surface area contributed by atoms with Crippen molar-refractivity contribution >= 4 is 34.2 Å². The molecule has 3 rings (SSSR count). The van der Waals surface area contributed by atoms with Crippen LogP contribution >= 0.6 is 23.2 Å². The minimum atomic E-state index is 0.584. The molecule has 84 valence electrons. The molecule has 1 heterocycles. The molecule has 17 heavy (non-hydrogen) atoms. The Hall–Kier alpha value is -1.58. The van der Waals surface area contributed by atoms with Gasteiger partial charge in [-0.05, 0) is 40.1 Å². The zero-order valence-corrected chi connectivity index (χ0v) is 10.0. The molecule has 0 saturated heterocycles. The zero-order chi connectivity index (χ0) is 11.8. The Bertz CT molecular complexity index is 674. The highest BCUT2D eigenvalue weighted by atomic mass is 35.5. The Kier molecular flexibility index (Phi) is 2.50. The van der Waals surface area contributed by atoms with Crippen LogP contribution in [0, 0.1) is 0 Å². The number of aromatic nitrogens is 2. The first kappa shape index (κ1) is 10.6. The summed E-state index contributed by atoms with van der Waals surface area (Å²) in [4.78, 5) is 0. The maximum atomic E-state index is 5.98. The summed E-state index contributed by atoms with van der Waals surface area (Å²) in [7, 11) is 0. The van der Waals surface area contributed by atoms with Gasteiger partial charge in [0.05, 0.1) is 0 Å². The van der Waals surface area contributed by atoms with Gasteiger partial charge in [-0.2, -0.15) is 0 Å². The quantitative estimate of drug-likeness (QED) is 0.662. The lowest BCUT2D eigenvalue weighted by Gasteiger charge is -2.03. The molecule has 0 fully saturated rings. The van der Waals surface area contributed by atoms with Crippen LogP contribution in [0.2, 0.25) is 10.0 Å². The van der Waals surface area contributed by atoms with Crippen LogP contribution in [0.4, 0.5) is 0 Å². The van der Waals surface area contributed by atoms with Crippen LogP contribution in [0.1, 0.15) is 0 Å². The van der Waals surface area contributed by atoms with Crippen molar-refractivity contribution in [1.82, 2.24) is 10.3 Å². The van der Waals surface area contributed by atoms with Crippen LogP contribution in [-0.2, 0) is 0 Å². The summed E-state index contributed by atoms with van der Waals surface area (Å²) < 4.78 is 4.72. The van der Waals surface area contributed by atoms with Crippen molar-refractivity contribution in [3.63, 3.8) is 0 Å². The van der Waals surface area contributed by atoms with Crippen molar-refractivity contribution in [3.8, 4) is 11.1 Å². The molecule has 5 heteroatoms. The first-order valence-corrected chi connectivity index (χ1v) is 5.67. The minimum Gasteiger partial charge on any atom is -0.243 e. The standard InChI is InChI=1S/C12H6Cl2N2O/c13-8-4-7(5-9(14)6-8)10-2-1-3-11-12(10)16-17-15-11/h1-6H. The van der Waals surface area contributed by atoms with Gasteiger partial charge in [0.25, 0.3) is 0 Å². The molecule has 0 saturated carbocycles. The maximum absolute atomic E-state index is 5.98. The highest BCUT2D eigenvalue weighted by Crippen LogP contribution is 2.30. The van der Waals surface area contributed by atoms with Gasteiger partial charge in [0.2, 0.25) is 0 Å². The molecular formula is C12H6Cl2N2O. The van der Waals surface area contributed by atoms with Gasteiger partial charge in [-0.15, -0.1) is 0 Å². The number of hydrogen-bond acceptors (Lipinski definition) is 3. The molecule has 0 aliphatic heterocycles. The number of nitrogens with zero attached hydrogens (tertiary/aromatic N) is 2. The summed E-state index contributed by atoms with van der Waals surface area (Å²) in [5, 5.41) is 8.85. The third kappa shape index (κ3) is 1.88. The van der Waals surface area contributed by atoms with E-state index in [-0.39, 0.29) is 0 Å². The molecule has 3 aromatic rings. The normalized spacial score (nSPS) is 10.9. The highest BCUT2D eigenvalue weighted by molar-refractivity contribution is 6.35. The van der Waals surface area contributed by atoms with E-state index in [2.05, 4.69) is 10.3 Å². The van der Waals surface area contributed by atoms with Gasteiger partial charge in [0.15, 0.2) is 0 Å². The number of fused-ring (bicyclic) bond motifs is 1. The van der Waals surface area contributed by atoms with Gasteiger partial charge >= 0.3 is 0 Å². The summed E-state index contributed by atoms with van der Waals surface area (Å²) in [6, 6.07) is 11.0. The lowest BCUT2D eigenvalue weighted by Crippen LogP contribution is -1.81. The van der Waals surface area contributed by atoms with Crippen molar-refractivity contribution < 1.29 is 4.63 Å². The Morgan fingerprint density at radius 1 is 0.941 bits per heavy atom. The van der Waals surface area contributed by atoms with Crippen LogP contribution in [-0.4, -0.2) is 10.3 Å². The molecule has 0 amide bonds. The highest BCUT2D eigenvalue weighted by Gasteiger charge is 2.09. The van der Waals surface area contributed by atoms with E-state index in [1.165, 1.54) is 0 Å². The Morgan fingerprint density at radius 3 is 2.47 bits per heavy atom. The molecule has 0 aliphatic carbocycles. The summed E-state index contributed by atoms with van der Waals surface area (Å²) in [5.41, 5.74) is 3.20. The average molecular weight is 265 g/mol. The van der Waals surface area contributed by atoms with Crippen LogP contribution in [0.3, 0.4) is 0 Å². The van der Waals surface area contributed by atoms with Crippen molar-refractivity contribution in [2.24, 2.45) is 0 Å². The predicted octanol–water partition coefficient (Wildman–Crippen LogP) is 4.20. The number of hydrogen-bond donors (Lipinski definition) is 0. The zero-order valence-electron chi connectivity index (χ0n) is 8.52. The molecule has 0 atom stereocenters.